The summed E-state index contributed by atoms with van der Waals surface area (Å²) in [6.07, 6.45) is 3.44. The quantitative estimate of drug-likeness (QED) is 0.559. The lowest BCUT2D eigenvalue weighted by Gasteiger charge is -2.18. The molecular weight excluding hydrogens is 144 g/mol. The van der Waals surface area contributed by atoms with E-state index >= 15 is 0 Å². The standard InChI is InChI=1S/C7H11N2O2/c8-4-7(11)9-3-1-2-6(9)5-10/h6H,1-4,8H2/t6-/m0/s1. The van der Waals surface area contributed by atoms with Gasteiger partial charge in [0.2, 0.25) is 12.2 Å². The van der Waals surface area contributed by atoms with Crippen LogP contribution in [0.2, 0.25) is 0 Å². The van der Waals surface area contributed by atoms with Crippen LogP contribution in [0, 0.1) is 0 Å². The van der Waals surface area contributed by atoms with Crippen molar-refractivity contribution in [2.24, 2.45) is 5.73 Å². The Hall–Kier alpha value is -0.900. The summed E-state index contributed by atoms with van der Waals surface area (Å²) >= 11 is 0. The zero-order chi connectivity index (χ0) is 8.27. The van der Waals surface area contributed by atoms with E-state index in [1.807, 2.05) is 6.29 Å². The first-order chi connectivity index (χ1) is 5.29. The van der Waals surface area contributed by atoms with Crippen LogP contribution >= 0.6 is 0 Å². The first-order valence-electron chi connectivity index (χ1n) is 3.67. The summed E-state index contributed by atoms with van der Waals surface area (Å²) in [6.45, 7) is 0.633. The Bertz CT molecular complexity index is 170. The number of hydrogen-bond acceptors (Lipinski definition) is 3. The monoisotopic (exact) mass is 155 g/mol. The Morgan fingerprint density at radius 1 is 1.73 bits per heavy atom. The second-order valence-corrected chi connectivity index (χ2v) is 2.57. The van der Waals surface area contributed by atoms with Crippen LogP contribution in [-0.2, 0) is 9.59 Å². The molecular formula is C7H11N2O2. The van der Waals surface area contributed by atoms with Gasteiger partial charge >= 0.3 is 0 Å². The third kappa shape index (κ3) is 1.57. The first kappa shape index (κ1) is 8.20. The smallest absolute Gasteiger partial charge is 0.236 e. The van der Waals surface area contributed by atoms with E-state index < -0.39 is 0 Å². The molecule has 1 atom stereocenters. The largest absolute Gasteiger partial charge is 0.331 e. The third-order valence-corrected chi connectivity index (χ3v) is 1.88. The fourth-order valence-electron chi connectivity index (χ4n) is 1.30. The van der Waals surface area contributed by atoms with Crippen LogP contribution in [0.3, 0.4) is 0 Å². The van der Waals surface area contributed by atoms with Crippen LogP contribution in [0.25, 0.3) is 0 Å². The van der Waals surface area contributed by atoms with Crippen molar-refractivity contribution >= 4 is 12.2 Å². The summed E-state index contributed by atoms with van der Waals surface area (Å²) in [5.41, 5.74) is 5.15. The maximum absolute atomic E-state index is 11.0. The van der Waals surface area contributed by atoms with E-state index in [0.29, 0.717) is 6.54 Å². The predicted molar refractivity (Wildman–Crippen MR) is 39.5 cm³/mol. The van der Waals surface area contributed by atoms with Crippen LogP contribution in [0.4, 0.5) is 0 Å². The fourth-order valence-corrected chi connectivity index (χ4v) is 1.30. The zero-order valence-corrected chi connectivity index (χ0v) is 6.25. The maximum Gasteiger partial charge on any atom is 0.236 e. The molecule has 0 aromatic heterocycles. The Kier molecular flexibility index (Phi) is 2.59. The number of hydrogen-bond donors (Lipinski definition) is 1. The number of carbonyl (C=O) groups is 1. The summed E-state index contributed by atoms with van der Waals surface area (Å²) in [7, 11) is 0. The van der Waals surface area contributed by atoms with Crippen LogP contribution in [0.1, 0.15) is 12.8 Å². The Morgan fingerprint density at radius 3 is 3.00 bits per heavy atom. The molecule has 1 fully saturated rings. The van der Waals surface area contributed by atoms with Crippen molar-refractivity contribution in [2.45, 2.75) is 18.9 Å². The zero-order valence-electron chi connectivity index (χ0n) is 6.25. The van der Waals surface area contributed by atoms with Gasteiger partial charge in [-0.05, 0) is 12.8 Å². The van der Waals surface area contributed by atoms with E-state index in [1.165, 1.54) is 4.90 Å². The van der Waals surface area contributed by atoms with E-state index in [9.17, 15) is 9.59 Å². The summed E-state index contributed by atoms with van der Waals surface area (Å²) in [4.78, 5) is 22.8. The van der Waals surface area contributed by atoms with E-state index in [2.05, 4.69) is 0 Å². The summed E-state index contributed by atoms with van der Waals surface area (Å²) in [5.74, 6) is -0.157. The predicted octanol–water partition coefficient (Wildman–Crippen LogP) is -0.954. The maximum atomic E-state index is 11.0. The van der Waals surface area contributed by atoms with Crippen LogP contribution < -0.4 is 5.73 Å². The van der Waals surface area contributed by atoms with Gasteiger partial charge in [0, 0.05) is 6.54 Å². The van der Waals surface area contributed by atoms with Crippen molar-refractivity contribution in [1.82, 2.24) is 4.90 Å². The number of rotatable bonds is 2. The average molecular weight is 155 g/mol. The Morgan fingerprint density at radius 2 is 2.45 bits per heavy atom. The molecule has 1 amide bonds. The van der Waals surface area contributed by atoms with Crippen LogP contribution in [-0.4, -0.2) is 36.2 Å². The molecule has 1 aliphatic heterocycles. The SMILES string of the molecule is NCC(=O)N1CCC[C@H]1[C]=O. The number of likely N-dealkylation sites (tertiary alicyclic amines) is 1. The van der Waals surface area contributed by atoms with E-state index in [4.69, 9.17) is 5.73 Å². The Balaban J connectivity index is 2.56. The van der Waals surface area contributed by atoms with Crippen molar-refractivity contribution < 1.29 is 9.59 Å². The molecule has 1 heterocycles. The molecule has 0 bridgehead atoms. The molecule has 4 heteroatoms. The molecule has 0 unspecified atom stereocenters. The lowest BCUT2D eigenvalue weighted by atomic mass is 10.2. The van der Waals surface area contributed by atoms with Gasteiger partial charge < -0.3 is 10.6 Å². The molecule has 0 spiro atoms. The van der Waals surface area contributed by atoms with Gasteiger partial charge in [-0.1, -0.05) is 0 Å². The van der Waals surface area contributed by atoms with Crippen molar-refractivity contribution in [3.8, 4) is 0 Å². The lowest BCUT2D eigenvalue weighted by molar-refractivity contribution is -0.129. The van der Waals surface area contributed by atoms with Crippen molar-refractivity contribution in [3.05, 3.63) is 0 Å². The van der Waals surface area contributed by atoms with E-state index in [1.54, 1.807) is 0 Å². The summed E-state index contributed by atoms with van der Waals surface area (Å²) < 4.78 is 0. The highest BCUT2D eigenvalue weighted by Gasteiger charge is 2.27. The van der Waals surface area contributed by atoms with E-state index in [0.717, 1.165) is 12.8 Å². The summed E-state index contributed by atoms with van der Waals surface area (Å²) in [6, 6.07) is -0.342. The highest BCUT2D eigenvalue weighted by Crippen LogP contribution is 2.14. The molecule has 1 rings (SSSR count). The minimum Gasteiger partial charge on any atom is -0.331 e. The topological polar surface area (TPSA) is 63.4 Å². The summed E-state index contributed by atoms with van der Waals surface area (Å²) in [5, 5.41) is 0. The second-order valence-electron chi connectivity index (χ2n) is 2.57. The fraction of sp³-hybridized carbons (Fsp3) is 0.714. The second kappa shape index (κ2) is 3.48. The van der Waals surface area contributed by atoms with Gasteiger partial charge in [0.1, 0.15) is 0 Å². The van der Waals surface area contributed by atoms with Gasteiger partial charge in [0.25, 0.3) is 0 Å². The van der Waals surface area contributed by atoms with E-state index in [-0.39, 0.29) is 18.5 Å². The number of nitrogens with two attached hydrogens (primary N) is 1. The lowest BCUT2D eigenvalue weighted by Crippen LogP contribution is -2.40. The normalized spacial score (nSPS) is 23.7. The molecule has 1 radical (unpaired) electrons. The highest BCUT2D eigenvalue weighted by molar-refractivity contribution is 5.81. The molecule has 1 saturated heterocycles. The molecule has 61 valence electrons. The van der Waals surface area contributed by atoms with Gasteiger partial charge in [-0.2, -0.15) is 0 Å². The van der Waals surface area contributed by atoms with Gasteiger partial charge in [-0.15, -0.1) is 0 Å². The molecule has 0 saturated carbocycles. The molecule has 2 N–H and O–H groups in total. The van der Waals surface area contributed by atoms with Gasteiger partial charge in [-0.3, -0.25) is 9.59 Å². The van der Waals surface area contributed by atoms with Gasteiger partial charge in [-0.25, -0.2) is 0 Å². The van der Waals surface area contributed by atoms with Crippen molar-refractivity contribution in [1.29, 1.82) is 0 Å². The molecule has 0 aliphatic carbocycles. The molecule has 4 nitrogen and oxygen atoms in total. The minimum atomic E-state index is -0.342. The first-order valence-corrected chi connectivity index (χ1v) is 3.67. The molecule has 0 aromatic rings. The van der Waals surface area contributed by atoms with Crippen LogP contribution in [0.15, 0.2) is 0 Å². The number of carbonyl (C=O) groups excluding carboxylic acids is 2. The minimum absolute atomic E-state index is 0.0157. The van der Waals surface area contributed by atoms with Gasteiger partial charge in [0.15, 0.2) is 0 Å². The average Bonchev–Trinajstić information content (AvgIpc) is 2.50. The number of nitrogens with zero attached hydrogens (tertiary/aromatic N) is 1. The number of amides is 1. The molecule has 11 heavy (non-hydrogen) atoms. The molecule has 1 aliphatic rings. The van der Waals surface area contributed by atoms with Crippen LogP contribution in [0.5, 0.6) is 0 Å². The highest BCUT2D eigenvalue weighted by atomic mass is 16.2. The molecule has 0 aromatic carbocycles. The third-order valence-electron chi connectivity index (χ3n) is 1.88. The van der Waals surface area contributed by atoms with Gasteiger partial charge in [0.05, 0.1) is 12.6 Å². The Labute approximate surface area is 65.3 Å². The van der Waals surface area contributed by atoms with Crippen molar-refractivity contribution in [2.75, 3.05) is 13.1 Å². The van der Waals surface area contributed by atoms with Crippen molar-refractivity contribution in [3.63, 3.8) is 0 Å².